The van der Waals surface area contributed by atoms with Crippen molar-refractivity contribution in [3.8, 4) is 0 Å². The molecule has 9 heteroatoms. The third-order valence-corrected chi connectivity index (χ3v) is 7.01. The quantitative estimate of drug-likeness (QED) is 0.644. The fourth-order valence-electron chi connectivity index (χ4n) is 3.45. The third kappa shape index (κ3) is 5.62. The summed E-state index contributed by atoms with van der Waals surface area (Å²) in [4.78, 5) is 27.0. The number of sulfonamides is 1. The van der Waals surface area contributed by atoms with Crippen molar-refractivity contribution in [2.45, 2.75) is 24.3 Å². The van der Waals surface area contributed by atoms with Gasteiger partial charge in [-0.15, -0.1) is 0 Å². The van der Waals surface area contributed by atoms with Crippen molar-refractivity contribution in [1.82, 2.24) is 14.9 Å². The van der Waals surface area contributed by atoms with E-state index in [1.165, 1.54) is 51.2 Å². The van der Waals surface area contributed by atoms with Gasteiger partial charge in [0.25, 0.3) is 5.91 Å². The van der Waals surface area contributed by atoms with Gasteiger partial charge in [0.05, 0.1) is 11.4 Å². The molecule has 1 saturated heterocycles. The molecule has 0 bridgehead atoms. The van der Waals surface area contributed by atoms with E-state index in [0.717, 1.165) is 28.6 Å². The molecule has 0 aromatic heterocycles. The van der Waals surface area contributed by atoms with Crippen LogP contribution in [0.4, 0.5) is 5.69 Å². The molecule has 0 unspecified atom stereocenters. The van der Waals surface area contributed by atoms with Gasteiger partial charge in [-0.1, -0.05) is 24.3 Å². The van der Waals surface area contributed by atoms with Crippen LogP contribution in [0.1, 0.15) is 28.8 Å². The predicted octanol–water partition coefficient (Wildman–Crippen LogP) is 1.58. The van der Waals surface area contributed by atoms with Crippen LogP contribution in [0.15, 0.2) is 53.4 Å². The average Bonchev–Trinajstić information content (AvgIpc) is 3.31. The number of nitrogens with zero attached hydrogens (tertiary/aromatic N) is 2. The van der Waals surface area contributed by atoms with Crippen LogP contribution in [-0.2, 0) is 21.4 Å². The maximum Gasteiger partial charge on any atom is 0.251 e. The Kier molecular flexibility index (Phi) is 7.29. The molecule has 8 nitrogen and oxygen atoms in total. The summed E-state index contributed by atoms with van der Waals surface area (Å²) in [5.74, 6) is -0.829. The van der Waals surface area contributed by atoms with E-state index in [4.69, 9.17) is 0 Å². The summed E-state index contributed by atoms with van der Waals surface area (Å²) < 4.78 is 25.6. The molecule has 0 saturated carbocycles. The Morgan fingerprint density at radius 3 is 2.42 bits per heavy atom. The first-order valence-electron chi connectivity index (χ1n) is 10.2. The summed E-state index contributed by atoms with van der Waals surface area (Å²) in [6.07, 6.45) is 2.34. The lowest BCUT2D eigenvalue weighted by Crippen LogP contribution is -2.37. The monoisotopic (exact) mass is 444 g/mol. The van der Waals surface area contributed by atoms with Crippen molar-refractivity contribution in [3.05, 3.63) is 59.7 Å². The minimum absolute atomic E-state index is 0.0214. The van der Waals surface area contributed by atoms with Gasteiger partial charge in [-0.05, 0) is 42.7 Å². The molecule has 31 heavy (non-hydrogen) atoms. The molecule has 1 heterocycles. The fraction of sp³-hybridized carbons (Fsp3) is 0.364. The van der Waals surface area contributed by atoms with E-state index in [-0.39, 0.29) is 22.9 Å². The normalized spacial score (nSPS) is 14.0. The highest BCUT2D eigenvalue weighted by Gasteiger charge is 2.19. The molecule has 166 valence electrons. The molecular formula is C22H28N4O4S. The van der Waals surface area contributed by atoms with Gasteiger partial charge in [-0.3, -0.25) is 9.59 Å². The third-order valence-electron chi connectivity index (χ3n) is 5.20. The molecule has 0 atom stereocenters. The van der Waals surface area contributed by atoms with E-state index >= 15 is 0 Å². The zero-order valence-electron chi connectivity index (χ0n) is 17.8. The summed E-state index contributed by atoms with van der Waals surface area (Å²) >= 11 is 0. The Morgan fingerprint density at radius 2 is 1.71 bits per heavy atom. The van der Waals surface area contributed by atoms with Crippen LogP contribution in [0.2, 0.25) is 0 Å². The van der Waals surface area contributed by atoms with E-state index in [2.05, 4.69) is 21.6 Å². The number of anilines is 1. The first-order chi connectivity index (χ1) is 14.8. The molecular weight excluding hydrogens is 416 g/mol. The lowest BCUT2D eigenvalue weighted by Gasteiger charge is -2.21. The van der Waals surface area contributed by atoms with Gasteiger partial charge >= 0.3 is 0 Å². The summed E-state index contributed by atoms with van der Waals surface area (Å²) in [7, 11) is -0.795. The number of rotatable bonds is 8. The minimum Gasteiger partial charge on any atom is -0.371 e. The molecule has 2 aromatic rings. The van der Waals surface area contributed by atoms with Crippen molar-refractivity contribution in [2.24, 2.45) is 0 Å². The van der Waals surface area contributed by atoms with Gasteiger partial charge < -0.3 is 15.5 Å². The Hall–Kier alpha value is -2.91. The average molecular weight is 445 g/mol. The number of carbonyl (C=O) groups excluding carboxylic acids is 2. The van der Waals surface area contributed by atoms with E-state index < -0.39 is 15.9 Å². The first kappa shape index (κ1) is 22.8. The highest BCUT2D eigenvalue weighted by atomic mass is 32.2. The zero-order chi connectivity index (χ0) is 22.4. The molecule has 0 radical (unpaired) electrons. The number of nitrogens with one attached hydrogen (secondary N) is 2. The molecule has 0 spiro atoms. The van der Waals surface area contributed by atoms with Crippen molar-refractivity contribution in [3.63, 3.8) is 0 Å². The molecule has 1 aliphatic rings. The largest absolute Gasteiger partial charge is 0.371 e. The molecule has 1 aliphatic heterocycles. The summed E-state index contributed by atoms with van der Waals surface area (Å²) in [5, 5.41) is 5.38. The zero-order valence-corrected chi connectivity index (χ0v) is 18.6. The van der Waals surface area contributed by atoms with Crippen LogP contribution < -0.4 is 15.5 Å². The predicted molar refractivity (Wildman–Crippen MR) is 119 cm³/mol. The Labute approximate surface area is 183 Å². The Balaban J connectivity index is 1.56. The summed E-state index contributed by atoms with van der Waals surface area (Å²) in [5.41, 5.74) is 2.34. The van der Waals surface area contributed by atoms with Gasteiger partial charge in [0.15, 0.2) is 0 Å². The second kappa shape index (κ2) is 9.93. The van der Waals surface area contributed by atoms with Crippen LogP contribution in [0.5, 0.6) is 0 Å². The second-order valence-electron chi connectivity index (χ2n) is 7.60. The SMILES string of the molecule is CN(C)S(=O)(=O)c1cccc(C(=O)NCC(=O)NCc2ccccc2N2CCCC2)c1. The number of carbonyl (C=O) groups is 2. The lowest BCUT2D eigenvalue weighted by molar-refractivity contribution is -0.120. The maximum absolute atomic E-state index is 12.4. The number of hydrogen-bond acceptors (Lipinski definition) is 5. The standard InChI is InChI=1S/C22H28N4O4S/c1-25(2)31(29,30)19-10-7-9-17(14-19)22(28)24-16-21(27)23-15-18-8-3-4-11-20(18)26-12-5-6-13-26/h3-4,7-11,14H,5-6,12-13,15-16H2,1-2H3,(H,23,27)(H,24,28). The van der Waals surface area contributed by atoms with Crippen LogP contribution in [0, 0.1) is 0 Å². The Bertz CT molecular complexity index is 1050. The van der Waals surface area contributed by atoms with Crippen LogP contribution in [0.25, 0.3) is 0 Å². The first-order valence-corrected chi connectivity index (χ1v) is 11.6. The van der Waals surface area contributed by atoms with Gasteiger partial charge in [0.2, 0.25) is 15.9 Å². The van der Waals surface area contributed by atoms with E-state index in [1.807, 2.05) is 18.2 Å². The van der Waals surface area contributed by atoms with Gasteiger partial charge in [0, 0.05) is 45.0 Å². The van der Waals surface area contributed by atoms with Crippen molar-refractivity contribution in [2.75, 3.05) is 38.6 Å². The van der Waals surface area contributed by atoms with E-state index in [1.54, 1.807) is 0 Å². The molecule has 2 amide bonds. The van der Waals surface area contributed by atoms with E-state index in [0.29, 0.717) is 6.54 Å². The summed E-state index contributed by atoms with van der Waals surface area (Å²) in [6.45, 7) is 2.21. The molecule has 2 N–H and O–H groups in total. The molecule has 1 fully saturated rings. The van der Waals surface area contributed by atoms with Gasteiger partial charge in [-0.2, -0.15) is 0 Å². The highest BCUT2D eigenvalue weighted by Crippen LogP contribution is 2.24. The van der Waals surface area contributed by atoms with E-state index in [9.17, 15) is 18.0 Å². The smallest absolute Gasteiger partial charge is 0.251 e. The van der Waals surface area contributed by atoms with Gasteiger partial charge in [0.1, 0.15) is 0 Å². The highest BCUT2D eigenvalue weighted by molar-refractivity contribution is 7.89. The van der Waals surface area contributed by atoms with Crippen LogP contribution >= 0.6 is 0 Å². The van der Waals surface area contributed by atoms with Crippen LogP contribution in [-0.4, -0.2) is 58.3 Å². The maximum atomic E-state index is 12.4. The number of benzene rings is 2. The second-order valence-corrected chi connectivity index (χ2v) is 9.75. The lowest BCUT2D eigenvalue weighted by atomic mass is 10.1. The minimum atomic E-state index is -3.64. The van der Waals surface area contributed by atoms with Gasteiger partial charge in [-0.25, -0.2) is 12.7 Å². The topological polar surface area (TPSA) is 98.8 Å². The van der Waals surface area contributed by atoms with Crippen LogP contribution in [0.3, 0.4) is 0 Å². The summed E-state index contributed by atoms with van der Waals surface area (Å²) in [6, 6.07) is 13.7. The Morgan fingerprint density at radius 1 is 1.00 bits per heavy atom. The number of hydrogen-bond donors (Lipinski definition) is 2. The van der Waals surface area contributed by atoms with Crippen molar-refractivity contribution >= 4 is 27.5 Å². The van der Waals surface area contributed by atoms with Crippen molar-refractivity contribution in [1.29, 1.82) is 0 Å². The molecule has 3 rings (SSSR count). The van der Waals surface area contributed by atoms with Crippen molar-refractivity contribution < 1.29 is 18.0 Å². The molecule has 0 aliphatic carbocycles. The fourth-order valence-corrected chi connectivity index (χ4v) is 4.40. The number of para-hydroxylation sites is 1. The molecule has 2 aromatic carbocycles. The number of amides is 2.